The van der Waals surface area contributed by atoms with Crippen molar-refractivity contribution in [2.75, 3.05) is 19.8 Å². The highest BCUT2D eigenvalue weighted by molar-refractivity contribution is 5.95. The Hall–Kier alpha value is -1.89. The molecule has 1 amide bonds. The van der Waals surface area contributed by atoms with Crippen molar-refractivity contribution in [3.8, 4) is 0 Å². The molecule has 0 aromatic carbocycles. The number of aryl methyl sites for hydroxylation is 2. The quantitative estimate of drug-likeness (QED) is 0.811. The van der Waals surface area contributed by atoms with Crippen molar-refractivity contribution in [1.82, 2.24) is 9.88 Å². The maximum absolute atomic E-state index is 12.2. The van der Waals surface area contributed by atoms with Crippen LogP contribution in [-0.4, -0.2) is 52.7 Å². The Morgan fingerprint density at radius 3 is 2.72 bits per heavy atom. The number of oxazole rings is 1. The van der Waals surface area contributed by atoms with Crippen molar-refractivity contribution in [3.05, 3.63) is 17.3 Å². The minimum atomic E-state index is -1.09. The Morgan fingerprint density at radius 1 is 1.44 bits per heavy atom. The summed E-state index contributed by atoms with van der Waals surface area (Å²) in [4.78, 5) is 28.5. The standard InChI is InChI=1S/C11H14N2O5/c1-6-9(18-7(2)12-6)10(14)13-3-4-17-5-8(13)11(15)16/h8H,3-5H2,1-2H3,(H,15,16). The molecule has 1 saturated heterocycles. The van der Waals surface area contributed by atoms with Gasteiger partial charge in [0.15, 0.2) is 11.9 Å². The third kappa shape index (κ3) is 2.21. The zero-order chi connectivity index (χ0) is 13.3. The van der Waals surface area contributed by atoms with E-state index in [1.165, 1.54) is 4.90 Å². The molecule has 1 aliphatic rings. The van der Waals surface area contributed by atoms with Gasteiger partial charge in [0, 0.05) is 13.5 Å². The smallest absolute Gasteiger partial charge is 0.328 e. The minimum absolute atomic E-state index is 0.00671. The summed E-state index contributed by atoms with van der Waals surface area (Å²) >= 11 is 0. The number of amides is 1. The number of aliphatic carboxylic acids is 1. The van der Waals surface area contributed by atoms with E-state index in [2.05, 4.69) is 4.98 Å². The normalized spacial score (nSPS) is 19.9. The van der Waals surface area contributed by atoms with Crippen LogP contribution in [0.4, 0.5) is 0 Å². The first kappa shape index (κ1) is 12.6. The van der Waals surface area contributed by atoms with E-state index >= 15 is 0 Å². The number of carbonyl (C=O) groups is 2. The predicted molar refractivity (Wildman–Crippen MR) is 59.3 cm³/mol. The second kappa shape index (κ2) is 4.77. The summed E-state index contributed by atoms with van der Waals surface area (Å²) in [5, 5.41) is 9.06. The largest absolute Gasteiger partial charge is 0.480 e. The highest BCUT2D eigenvalue weighted by Crippen LogP contribution is 2.16. The molecule has 1 atom stereocenters. The van der Waals surface area contributed by atoms with Crippen molar-refractivity contribution in [2.24, 2.45) is 0 Å². The summed E-state index contributed by atoms with van der Waals surface area (Å²) < 4.78 is 10.3. The molecule has 0 spiro atoms. The highest BCUT2D eigenvalue weighted by Gasteiger charge is 2.35. The third-order valence-corrected chi connectivity index (χ3v) is 2.77. The third-order valence-electron chi connectivity index (χ3n) is 2.77. The molecular formula is C11H14N2O5. The summed E-state index contributed by atoms with van der Waals surface area (Å²) in [7, 11) is 0. The van der Waals surface area contributed by atoms with Gasteiger partial charge in [-0.3, -0.25) is 4.79 Å². The Morgan fingerprint density at radius 2 is 2.17 bits per heavy atom. The van der Waals surface area contributed by atoms with Gasteiger partial charge in [-0.25, -0.2) is 9.78 Å². The first-order valence-corrected chi connectivity index (χ1v) is 5.56. The molecule has 1 fully saturated rings. The maximum Gasteiger partial charge on any atom is 0.328 e. The predicted octanol–water partition coefficient (Wildman–Crippen LogP) is 0.217. The molecule has 1 unspecified atom stereocenters. The average Bonchev–Trinajstić information content (AvgIpc) is 2.67. The number of morpholine rings is 1. The van der Waals surface area contributed by atoms with Crippen LogP contribution in [0.5, 0.6) is 0 Å². The lowest BCUT2D eigenvalue weighted by Gasteiger charge is -2.32. The van der Waals surface area contributed by atoms with Gasteiger partial charge in [0.25, 0.3) is 5.91 Å². The van der Waals surface area contributed by atoms with E-state index in [-0.39, 0.29) is 18.9 Å². The lowest BCUT2D eigenvalue weighted by molar-refractivity contribution is -0.147. The number of carbonyl (C=O) groups excluding carboxylic acids is 1. The van der Waals surface area contributed by atoms with E-state index in [0.717, 1.165) is 0 Å². The molecule has 18 heavy (non-hydrogen) atoms. The zero-order valence-corrected chi connectivity index (χ0v) is 10.2. The van der Waals surface area contributed by atoms with Crippen LogP contribution in [0.1, 0.15) is 22.1 Å². The van der Waals surface area contributed by atoms with Crippen LogP contribution < -0.4 is 0 Å². The van der Waals surface area contributed by atoms with Gasteiger partial charge >= 0.3 is 5.97 Å². The maximum atomic E-state index is 12.2. The fraction of sp³-hybridized carbons (Fsp3) is 0.545. The van der Waals surface area contributed by atoms with E-state index in [0.29, 0.717) is 18.2 Å². The van der Waals surface area contributed by atoms with Crippen molar-refractivity contribution in [1.29, 1.82) is 0 Å². The first-order chi connectivity index (χ1) is 8.50. The summed E-state index contributed by atoms with van der Waals surface area (Å²) in [6.45, 7) is 3.83. The van der Waals surface area contributed by atoms with E-state index in [1.807, 2.05) is 0 Å². The molecule has 98 valence electrons. The van der Waals surface area contributed by atoms with Crippen LogP contribution in [0.15, 0.2) is 4.42 Å². The second-order valence-corrected chi connectivity index (χ2v) is 4.07. The number of carboxylic acids is 1. The summed E-state index contributed by atoms with van der Waals surface area (Å²) in [5.41, 5.74) is 0.466. The van der Waals surface area contributed by atoms with E-state index < -0.39 is 17.9 Å². The van der Waals surface area contributed by atoms with Crippen LogP contribution in [0.25, 0.3) is 0 Å². The van der Waals surface area contributed by atoms with E-state index in [1.54, 1.807) is 13.8 Å². The van der Waals surface area contributed by atoms with Gasteiger partial charge in [0.2, 0.25) is 5.76 Å². The van der Waals surface area contributed by atoms with Crippen molar-refractivity contribution < 1.29 is 23.8 Å². The van der Waals surface area contributed by atoms with Crippen molar-refractivity contribution in [2.45, 2.75) is 19.9 Å². The molecular weight excluding hydrogens is 240 g/mol. The van der Waals surface area contributed by atoms with Gasteiger partial charge in [0.1, 0.15) is 0 Å². The fourth-order valence-electron chi connectivity index (χ4n) is 1.91. The Bertz CT molecular complexity index is 482. The molecule has 2 heterocycles. The molecule has 0 bridgehead atoms. The second-order valence-electron chi connectivity index (χ2n) is 4.07. The number of rotatable bonds is 2. The van der Waals surface area contributed by atoms with E-state index in [4.69, 9.17) is 14.3 Å². The van der Waals surface area contributed by atoms with Gasteiger partial charge in [-0.15, -0.1) is 0 Å². The minimum Gasteiger partial charge on any atom is -0.480 e. The molecule has 7 heteroatoms. The number of nitrogens with zero attached hydrogens (tertiary/aromatic N) is 2. The number of carboxylic acid groups (broad SMARTS) is 1. The van der Waals surface area contributed by atoms with Crippen LogP contribution in [-0.2, 0) is 9.53 Å². The Labute approximate surface area is 103 Å². The average molecular weight is 254 g/mol. The molecule has 0 radical (unpaired) electrons. The van der Waals surface area contributed by atoms with Crippen molar-refractivity contribution in [3.63, 3.8) is 0 Å². The van der Waals surface area contributed by atoms with Gasteiger partial charge in [-0.2, -0.15) is 0 Å². The first-order valence-electron chi connectivity index (χ1n) is 5.56. The highest BCUT2D eigenvalue weighted by atomic mass is 16.5. The molecule has 1 N–H and O–H groups in total. The van der Waals surface area contributed by atoms with Gasteiger partial charge in [-0.05, 0) is 6.92 Å². The summed E-state index contributed by atoms with van der Waals surface area (Å²) in [6.07, 6.45) is 0. The molecule has 0 saturated carbocycles. The van der Waals surface area contributed by atoms with Gasteiger partial charge in [0.05, 0.1) is 18.9 Å². The molecule has 0 aliphatic carbocycles. The van der Waals surface area contributed by atoms with Crippen LogP contribution in [0, 0.1) is 13.8 Å². The summed E-state index contributed by atoms with van der Waals surface area (Å²) in [5.74, 6) is -1.06. The Kier molecular flexibility index (Phi) is 3.33. The van der Waals surface area contributed by atoms with Gasteiger partial charge in [-0.1, -0.05) is 0 Å². The summed E-state index contributed by atoms with van der Waals surface area (Å²) in [6, 6.07) is -0.976. The Balaban J connectivity index is 2.26. The zero-order valence-electron chi connectivity index (χ0n) is 10.2. The van der Waals surface area contributed by atoms with Crippen molar-refractivity contribution >= 4 is 11.9 Å². The number of aromatic nitrogens is 1. The molecule has 7 nitrogen and oxygen atoms in total. The number of ether oxygens (including phenoxy) is 1. The molecule has 1 aromatic heterocycles. The number of hydrogen-bond acceptors (Lipinski definition) is 5. The van der Waals surface area contributed by atoms with Crippen LogP contribution >= 0.6 is 0 Å². The molecule has 2 rings (SSSR count). The fourth-order valence-corrected chi connectivity index (χ4v) is 1.91. The van der Waals surface area contributed by atoms with Crippen LogP contribution in [0.2, 0.25) is 0 Å². The van der Waals surface area contributed by atoms with Crippen LogP contribution in [0.3, 0.4) is 0 Å². The number of hydrogen-bond donors (Lipinski definition) is 1. The molecule has 1 aromatic rings. The molecule has 1 aliphatic heterocycles. The van der Waals surface area contributed by atoms with Gasteiger partial charge < -0.3 is 19.2 Å². The topological polar surface area (TPSA) is 92.9 Å². The van der Waals surface area contributed by atoms with E-state index in [9.17, 15) is 9.59 Å². The SMILES string of the molecule is Cc1nc(C)c(C(=O)N2CCOCC2C(=O)O)o1. The lowest BCUT2D eigenvalue weighted by atomic mass is 10.2. The monoisotopic (exact) mass is 254 g/mol. The lowest BCUT2D eigenvalue weighted by Crippen LogP contribution is -2.52.